The lowest BCUT2D eigenvalue weighted by atomic mass is 10.1. The highest BCUT2D eigenvalue weighted by atomic mass is 35.5. The van der Waals surface area contributed by atoms with Crippen LogP contribution in [0, 0.1) is 6.92 Å². The average Bonchev–Trinajstić information content (AvgIpc) is 3.10. The van der Waals surface area contributed by atoms with Crippen LogP contribution < -0.4 is 11.1 Å². The monoisotopic (exact) mass is 502 g/mol. The molecule has 35 heavy (non-hydrogen) atoms. The number of piperidine rings is 1. The summed E-state index contributed by atoms with van der Waals surface area (Å²) < 4.78 is 7.21. The van der Waals surface area contributed by atoms with Gasteiger partial charge in [0, 0.05) is 49.7 Å². The number of aromatic nitrogens is 2. The number of nitrogens with two attached hydrogens (primary N) is 1. The number of ether oxygens (including phenoxy) is 1. The summed E-state index contributed by atoms with van der Waals surface area (Å²) in [6.07, 6.45) is 2.52. The number of hydrogen-bond acceptors (Lipinski definition) is 5. The number of likely N-dealkylation sites (tertiary alicyclic amines) is 1. The molecule has 2 aliphatic heterocycles. The van der Waals surface area contributed by atoms with Crippen LogP contribution in [0.25, 0.3) is 11.3 Å². The zero-order valence-corrected chi connectivity index (χ0v) is 21.0. The molecule has 0 saturated carbocycles. The van der Waals surface area contributed by atoms with E-state index in [1.54, 1.807) is 16.0 Å². The van der Waals surface area contributed by atoms with E-state index >= 15 is 0 Å². The van der Waals surface area contributed by atoms with E-state index in [4.69, 9.17) is 22.1 Å². The molecule has 1 saturated heterocycles. The maximum absolute atomic E-state index is 13.1. The topological polar surface area (TPSA) is 123 Å². The van der Waals surface area contributed by atoms with Crippen LogP contribution in [0.5, 0.6) is 0 Å². The van der Waals surface area contributed by atoms with Crippen molar-refractivity contribution in [2.45, 2.75) is 58.8 Å². The van der Waals surface area contributed by atoms with Crippen molar-refractivity contribution in [1.82, 2.24) is 24.7 Å². The number of urea groups is 1. The third kappa shape index (κ3) is 5.22. The van der Waals surface area contributed by atoms with Gasteiger partial charge in [-0.1, -0.05) is 11.6 Å². The number of rotatable bonds is 4. The normalized spacial score (nSPS) is 16.3. The summed E-state index contributed by atoms with van der Waals surface area (Å²) >= 11 is 6.63. The van der Waals surface area contributed by atoms with E-state index in [2.05, 4.69) is 10.3 Å². The lowest BCUT2D eigenvalue weighted by Crippen LogP contribution is -2.51. The molecule has 2 aromatic heterocycles. The van der Waals surface area contributed by atoms with Gasteiger partial charge in [0.1, 0.15) is 0 Å². The molecule has 0 unspecified atom stereocenters. The van der Waals surface area contributed by atoms with Crippen LogP contribution in [0.1, 0.15) is 48.4 Å². The number of hydrogen-bond donors (Lipinski definition) is 2. The van der Waals surface area contributed by atoms with E-state index in [9.17, 15) is 14.4 Å². The number of pyridine rings is 1. The maximum Gasteiger partial charge on any atom is 0.410 e. The zero-order chi connectivity index (χ0) is 25.3. The Labute approximate surface area is 209 Å². The number of amides is 4. The summed E-state index contributed by atoms with van der Waals surface area (Å²) in [6, 6.07) is 3.52. The van der Waals surface area contributed by atoms with Gasteiger partial charge in [0.2, 0.25) is 0 Å². The molecule has 0 spiro atoms. The lowest BCUT2D eigenvalue weighted by molar-refractivity contribution is 0.0679. The summed E-state index contributed by atoms with van der Waals surface area (Å²) in [5, 5.41) is 3.35. The van der Waals surface area contributed by atoms with E-state index in [0.29, 0.717) is 50.4 Å². The molecule has 0 radical (unpaired) electrons. The van der Waals surface area contributed by atoms with E-state index in [0.717, 1.165) is 11.3 Å². The van der Waals surface area contributed by atoms with Crippen molar-refractivity contribution in [2.24, 2.45) is 5.73 Å². The smallest absolute Gasteiger partial charge is 0.410 e. The largest absolute Gasteiger partial charge is 0.447 e. The molecule has 0 atom stereocenters. The summed E-state index contributed by atoms with van der Waals surface area (Å²) in [5.74, 6) is -0.631. The molecule has 0 bridgehead atoms. The highest BCUT2D eigenvalue weighted by molar-refractivity contribution is 6.36. The van der Waals surface area contributed by atoms with Gasteiger partial charge in [-0.25, -0.2) is 9.59 Å². The molecule has 0 aliphatic carbocycles. The molecule has 0 aromatic carbocycles. The Morgan fingerprint density at radius 1 is 1.14 bits per heavy atom. The van der Waals surface area contributed by atoms with Gasteiger partial charge >= 0.3 is 12.1 Å². The van der Waals surface area contributed by atoms with E-state index in [-0.39, 0.29) is 41.4 Å². The Bertz CT molecular complexity index is 1120. The molecule has 4 heterocycles. The number of fused-ring (bicyclic) bond motifs is 1. The second-order valence-electron chi connectivity index (χ2n) is 9.25. The molecule has 2 aliphatic rings. The molecule has 2 aromatic rings. The molecule has 3 N–H and O–H groups in total. The molecule has 188 valence electrons. The molecule has 1 fully saturated rings. The van der Waals surface area contributed by atoms with Crippen LogP contribution in [-0.4, -0.2) is 69.2 Å². The van der Waals surface area contributed by atoms with Crippen LogP contribution in [0.4, 0.5) is 9.59 Å². The van der Waals surface area contributed by atoms with Crippen molar-refractivity contribution in [3.63, 3.8) is 0 Å². The van der Waals surface area contributed by atoms with Gasteiger partial charge in [0.25, 0.3) is 5.91 Å². The first-order chi connectivity index (χ1) is 16.7. The number of nitrogens with one attached hydrogen (secondary N) is 1. The van der Waals surface area contributed by atoms with E-state index < -0.39 is 5.91 Å². The van der Waals surface area contributed by atoms with Gasteiger partial charge in [-0.2, -0.15) is 0 Å². The summed E-state index contributed by atoms with van der Waals surface area (Å²) in [7, 11) is 0. The third-order valence-corrected chi connectivity index (χ3v) is 6.75. The first-order valence-electron chi connectivity index (χ1n) is 11.8. The molecule has 4 amide bonds. The predicted octanol–water partition coefficient (Wildman–Crippen LogP) is 3.15. The maximum atomic E-state index is 13.1. The van der Waals surface area contributed by atoms with Crippen LogP contribution >= 0.6 is 11.6 Å². The fourth-order valence-electron chi connectivity index (χ4n) is 4.59. The fourth-order valence-corrected chi connectivity index (χ4v) is 5.00. The summed E-state index contributed by atoms with van der Waals surface area (Å²) in [5.41, 5.74) is 8.87. The van der Waals surface area contributed by atoms with Crippen LogP contribution in [0.15, 0.2) is 18.3 Å². The Hall–Kier alpha value is -3.27. The minimum Gasteiger partial charge on any atom is -0.447 e. The van der Waals surface area contributed by atoms with Crippen molar-refractivity contribution in [2.75, 3.05) is 19.6 Å². The SMILES string of the molecule is Cc1ccc(-c2c(Cl)c(C(N)=O)c3n2CCN(C(=O)NC2CCN(C(=O)OC(C)C)CC2)C3)cn1. The van der Waals surface area contributed by atoms with Gasteiger partial charge < -0.3 is 30.2 Å². The first-order valence-corrected chi connectivity index (χ1v) is 12.2. The Kier molecular flexibility index (Phi) is 7.20. The minimum atomic E-state index is -0.631. The van der Waals surface area contributed by atoms with Crippen LogP contribution in [0.2, 0.25) is 5.02 Å². The van der Waals surface area contributed by atoms with E-state index in [1.807, 2.05) is 37.5 Å². The molecule has 10 nitrogen and oxygen atoms in total. The van der Waals surface area contributed by atoms with Crippen LogP contribution in [-0.2, 0) is 17.8 Å². The average molecular weight is 503 g/mol. The molecule has 4 rings (SSSR count). The van der Waals surface area contributed by atoms with Gasteiger partial charge in [-0.3, -0.25) is 9.78 Å². The van der Waals surface area contributed by atoms with Crippen molar-refractivity contribution in [1.29, 1.82) is 0 Å². The van der Waals surface area contributed by atoms with E-state index in [1.165, 1.54) is 0 Å². The quantitative estimate of drug-likeness (QED) is 0.664. The van der Waals surface area contributed by atoms with Gasteiger partial charge in [0.15, 0.2) is 0 Å². The van der Waals surface area contributed by atoms with Crippen molar-refractivity contribution in [3.05, 3.63) is 40.3 Å². The first kappa shape index (κ1) is 24.8. The lowest BCUT2D eigenvalue weighted by Gasteiger charge is -2.35. The molecular formula is C24H31ClN6O4. The Morgan fingerprint density at radius 3 is 2.46 bits per heavy atom. The van der Waals surface area contributed by atoms with Gasteiger partial charge in [-0.05, 0) is 45.7 Å². The predicted molar refractivity (Wildman–Crippen MR) is 131 cm³/mol. The Morgan fingerprint density at radius 2 is 1.86 bits per heavy atom. The van der Waals surface area contributed by atoms with Crippen LogP contribution in [0.3, 0.4) is 0 Å². The van der Waals surface area contributed by atoms with Gasteiger partial charge in [0.05, 0.1) is 34.6 Å². The number of primary amides is 1. The number of aryl methyl sites for hydroxylation is 1. The number of carbonyl (C=O) groups is 3. The number of carbonyl (C=O) groups excluding carboxylic acids is 3. The third-order valence-electron chi connectivity index (χ3n) is 6.38. The second-order valence-corrected chi connectivity index (χ2v) is 9.63. The van der Waals surface area contributed by atoms with Gasteiger partial charge in [-0.15, -0.1) is 0 Å². The molecule has 11 heteroatoms. The zero-order valence-electron chi connectivity index (χ0n) is 20.2. The Balaban J connectivity index is 1.45. The highest BCUT2D eigenvalue weighted by Gasteiger charge is 2.33. The van der Waals surface area contributed by atoms with Crippen molar-refractivity contribution >= 4 is 29.6 Å². The fraction of sp³-hybridized carbons (Fsp3) is 0.500. The second kappa shape index (κ2) is 10.2. The number of nitrogens with zero attached hydrogens (tertiary/aromatic N) is 4. The van der Waals surface area contributed by atoms with Crippen molar-refractivity contribution < 1.29 is 19.1 Å². The molecular weight excluding hydrogens is 472 g/mol. The number of halogens is 1. The summed E-state index contributed by atoms with van der Waals surface area (Å²) in [6.45, 7) is 7.71. The standard InChI is InChI=1S/C24H31ClN6O4/c1-14(2)35-24(34)29-8-6-17(7-9-29)28-23(33)30-10-11-31-18(13-30)19(22(26)32)20(25)21(31)16-5-4-15(3)27-12-16/h4-5,12,14,17H,6-11,13H2,1-3H3,(H2,26,32)(H,28,33). The van der Waals surface area contributed by atoms with Crippen molar-refractivity contribution in [3.8, 4) is 11.3 Å². The minimum absolute atomic E-state index is 0.0484. The highest BCUT2D eigenvalue weighted by Crippen LogP contribution is 2.37. The summed E-state index contributed by atoms with van der Waals surface area (Å²) in [4.78, 5) is 45.1.